The molecule has 0 spiro atoms. The monoisotopic (exact) mass is 322 g/mol. The summed E-state index contributed by atoms with van der Waals surface area (Å²) in [5.74, 6) is -1.03. The van der Waals surface area contributed by atoms with E-state index in [9.17, 15) is 13.6 Å². The molecule has 1 aliphatic carbocycles. The van der Waals surface area contributed by atoms with E-state index >= 15 is 0 Å². The minimum absolute atomic E-state index is 0.000206. The highest BCUT2D eigenvalue weighted by molar-refractivity contribution is 5.79. The molecule has 1 saturated heterocycles. The highest BCUT2D eigenvalue weighted by atomic mass is 19.1. The van der Waals surface area contributed by atoms with E-state index in [1.165, 1.54) is 18.2 Å². The van der Waals surface area contributed by atoms with E-state index in [0.717, 1.165) is 32.2 Å². The summed E-state index contributed by atoms with van der Waals surface area (Å²) in [5.41, 5.74) is -0.452. The average molecular weight is 322 g/mol. The van der Waals surface area contributed by atoms with Gasteiger partial charge >= 0.3 is 0 Å². The molecule has 2 N–H and O–H groups in total. The van der Waals surface area contributed by atoms with Gasteiger partial charge in [-0.05, 0) is 44.4 Å². The number of benzene rings is 1. The quantitative estimate of drug-likeness (QED) is 0.895. The van der Waals surface area contributed by atoms with Gasteiger partial charge in [-0.2, -0.15) is 0 Å². The molecule has 1 saturated carbocycles. The normalized spacial score (nSPS) is 23.7. The Morgan fingerprint density at radius 3 is 2.52 bits per heavy atom. The first-order chi connectivity index (χ1) is 11.1. The molecule has 23 heavy (non-hydrogen) atoms. The second-order valence-electron chi connectivity index (χ2n) is 6.85. The minimum Gasteiger partial charge on any atom is -0.355 e. The Bertz CT molecular complexity index is 544. The molecule has 1 heterocycles. The smallest absolute Gasteiger partial charge is 0.224 e. The predicted octanol–water partition coefficient (Wildman–Crippen LogP) is 2.89. The van der Waals surface area contributed by atoms with E-state index in [1.807, 2.05) is 0 Å². The maximum absolute atomic E-state index is 14.3. The van der Waals surface area contributed by atoms with Crippen molar-refractivity contribution in [3.8, 4) is 0 Å². The summed E-state index contributed by atoms with van der Waals surface area (Å²) in [4.78, 5) is 12.4. The van der Waals surface area contributed by atoms with Crippen LogP contribution in [0, 0.1) is 17.6 Å². The van der Waals surface area contributed by atoms with Gasteiger partial charge in [0.15, 0.2) is 0 Å². The fraction of sp³-hybridized carbons (Fsp3) is 0.611. The van der Waals surface area contributed by atoms with Crippen molar-refractivity contribution >= 4 is 5.91 Å². The molecular formula is C18H24F2N2O. The third-order valence-corrected chi connectivity index (χ3v) is 5.32. The molecule has 0 aromatic heterocycles. The van der Waals surface area contributed by atoms with Crippen molar-refractivity contribution in [2.45, 2.75) is 43.9 Å². The molecule has 0 bridgehead atoms. The molecule has 1 atom stereocenters. The number of piperidine rings is 1. The van der Waals surface area contributed by atoms with Gasteiger partial charge in [-0.3, -0.25) is 4.79 Å². The van der Waals surface area contributed by atoms with E-state index in [0.29, 0.717) is 25.9 Å². The molecule has 1 aliphatic heterocycles. The lowest BCUT2D eigenvalue weighted by Gasteiger charge is -2.32. The molecule has 1 unspecified atom stereocenters. The summed E-state index contributed by atoms with van der Waals surface area (Å²) in [6.45, 7) is 1.96. The number of rotatable bonds is 4. The van der Waals surface area contributed by atoms with Crippen molar-refractivity contribution in [1.29, 1.82) is 0 Å². The van der Waals surface area contributed by atoms with Gasteiger partial charge in [0.1, 0.15) is 11.6 Å². The number of hydrogen-bond acceptors (Lipinski definition) is 2. The van der Waals surface area contributed by atoms with Gasteiger partial charge in [0.2, 0.25) is 5.91 Å². The fourth-order valence-corrected chi connectivity index (χ4v) is 4.05. The van der Waals surface area contributed by atoms with Gasteiger partial charge in [0.05, 0.1) is 5.92 Å². The zero-order chi connectivity index (χ0) is 16.3. The van der Waals surface area contributed by atoms with Crippen LogP contribution in [0.15, 0.2) is 18.2 Å². The van der Waals surface area contributed by atoms with Crippen LogP contribution in [0.25, 0.3) is 0 Å². The minimum atomic E-state index is -0.604. The van der Waals surface area contributed by atoms with Crippen LogP contribution in [0.4, 0.5) is 8.78 Å². The predicted molar refractivity (Wildman–Crippen MR) is 85.1 cm³/mol. The number of carbonyl (C=O) groups excluding carboxylic acids is 1. The highest BCUT2D eigenvalue weighted by Crippen LogP contribution is 2.42. The van der Waals surface area contributed by atoms with E-state index in [1.54, 1.807) is 0 Å². The Kier molecular flexibility index (Phi) is 4.95. The molecule has 126 valence electrons. The van der Waals surface area contributed by atoms with Gasteiger partial charge < -0.3 is 10.6 Å². The standard InChI is InChI=1S/C18H24F2N2O/c19-14-6-3-7-15(20)16(14)18(8-1-2-9-18)12-22-17(23)13-5-4-10-21-11-13/h3,6-7,13,21H,1-2,4-5,8-12H2,(H,22,23). The molecule has 3 nitrogen and oxygen atoms in total. The zero-order valence-electron chi connectivity index (χ0n) is 13.3. The topological polar surface area (TPSA) is 41.1 Å². The van der Waals surface area contributed by atoms with Crippen LogP contribution >= 0.6 is 0 Å². The SMILES string of the molecule is O=C(NCC1(c2c(F)cccc2F)CCCC1)C1CCCNC1. The van der Waals surface area contributed by atoms with Crippen molar-refractivity contribution in [2.75, 3.05) is 19.6 Å². The van der Waals surface area contributed by atoms with E-state index in [4.69, 9.17) is 0 Å². The number of amides is 1. The second kappa shape index (κ2) is 6.95. The number of halogens is 2. The largest absolute Gasteiger partial charge is 0.355 e. The summed E-state index contributed by atoms with van der Waals surface area (Å²) in [6, 6.07) is 4.01. The van der Waals surface area contributed by atoms with Gasteiger partial charge in [0.25, 0.3) is 0 Å². The van der Waals surface area contributed by atoms with Crippen LogP contribution in [-0.2, 0) is 10.2 Å². The van der Waals surface area contributed by atoms with Crippen molar-refractivity contribution < 1.29 is 13.6 Å². The van der Waals surface area contributed by atoms with Crippen LogP contribution in [-0.4, -0.2) is 25.5 Å². The first-order valence-electron chi connectivity index (χ1n) is 8.55. The Morgan fingerprint density at radius 1 is 1.22 bits per heavy atom. The van der Waals surface area contributed by atoms with Crippen LogP contribution in [0.3, 0.4) is 0 Å². The number of hydrogen-bond donors (Lipinski definition) is 2. The van der Waals surface area contributed by atoms with E-state index in [2.05, 4.69) is 10.6 Å². The third kappa shape index (κ3) is 3.39. The lowest BCUT2D eigenvalue weighted by Crippen LogP contribution is -2.45. The van der Waals surface area contributed by atoms with Gasteiger partial charge in [-0.15, -0.1) is 0 Å². The molecule has 3 rings (SSSR count). The third-order valence-electron chi connectivity index (χ3n) is 5.32. The highest BCUT2D eigenvalue weighted by Gasteiger charge is 2.40. The molecule has 1 aromatic rings. The summed E-state index contributed by atoms with van der Waals surface area (Å²) < 4.78 is 28.5. The molecule has 1 amide bonds. The van der Waals surface area contributed by atoms with Crippen molar-refractivity contribution in [3.05, 3.63) is 35.4 Å². The van der Waals surface area contributed by atoms with Crippen LogP contribution in [0.5, 0.6) is 0 Å². The zero-order valence-corrected chi connectivity index (χ0v) is 13.3. The first kappa shape index (κ1) is 16.4. The van der Waals surface area contributed by atoms with Crippen LogP contribution in [0.1, 0.15) is 44.1 Å². The maximum Gasteiger partial charge on any atom is 0.224 e. The number of carbonyl (C=O) groups is 1. The van der Waals surface area contributed by atoms with E-state index in [-0.39, 0.29) is 17.4 Å². The molecule has 2 fully saturated rings. The Morgan fingerprint density at radius 2 is 1.91 bits per heavy atom. The molecule has 0 radical (unpaired) electrons. The molecule has 2 aliphatic rings. The number of nitrogens with one attached hydrogen (secondary N) is 2. The fourth-order valence-electron chi connectivity index (χ4n) is 4.05. The lowest BCUT2D eigenvalue weighted by atomic mass is 9.78. The summed E-state index contributed by atoms with van der Waals surface area (Å²) in [7, 11) is 0. The second-order valence-corrected chi connectivity index (χ2v) is 6.85. The maximum atomic E-state index is 14.3. The van der Waals surface area contributed by atoms with Crippen molar-refractivity contribution in [1.82, 2.24) is 10.6 Å². The van der Waals surface area contributed by atoms with E-state index < -0.39 is 17.0 Å². The van der Waals surface area contributed by atoms with Gasteiger partial charge in [-0.25, -0.2) is 8.78 Å². The summed E-state index contributed by atoms with van der Waals surface area (Å²) in [5, 5.41) is 6.20. The van der Waals surface area contributed by atoms with Crippen LogP contribution < -0.4 is 10.6 Å². The summed E-state index contributed by atoms with van der Waals surface area (Å²) >= 11 is 0. The molecule has 1 aromatic carbocycles. The lowest BCUT2D eigenvalue weighted by molar-refractivity contribution is -0.125. The van der Waals surface area contributed by atoms with Gasteiger partial charge in [0, 0.05) is 24.1 Å². The summed E-state index contributed by atoms with van der Waals surface area (Å²) in [6.07, 6.45) is 5.18. The average Bonchev–Trinajstić information content (AvgIpc) is 3.03. The molecular weight excluding hydrogens is 298 g/mol. The van der Waals surface area contributed by atoms with Crippen LogP contribution in [0.2, 0.25) is 0 Å². The van der Waals surface area contributed by atoms with Gasteiger partial charge in [-0.1, -0.05) is 18.9 Å². The Hall–Kier alpha value is -1.49. The van der Waals surface area contributed by atoms with Crippen molar-refractivity contribution in [3.63, 3.8) is 0 Å². The Balaban J connectivity index is 1.75. The Labute approximate surface area is 135 Å². The first-order valence-corrected chi connectivity index (χ1v) is 8.55. The molecule has 5 heteroatoms. The van der Waals surface area contributed by atoms with Crippen molar-refractivity contribution in [2.24, 2.45) is 5.92 Å².